The summed E-state index contributed by atoms with van der Waals surface area (Å²) < 4.78 is 13.2. The van der Waals surface area contributed by atoms with Crippen molar-refractivity contribution in [3.8, 4) is 11.4 Å². The van der Waals surface area contributed by atoms with Crippen LogP contribution in [0, 0.1) is 0 Å². The van der Waals surface area contributed by atoms with Gasteiger partial charge in [0.15, 0.2) is 5.82 Å². The first kappa shape index (κ1) is 24.2. The van der Waals surface area contributed by atoms with Gasteiger partial charge < -0.3 is 24.6 Å². The zero-order chi connectivity index (χ0) is 25.6. The van der Waals surface area contributed by atoms with Crippen molar-refractivity contribution >= 4 is 28.4 Å². The van der Waals surface area contributed by atoms with Gasteiger partial charge in [0.2, 0.25) is 0 Å². The number of urea groups is 1. The van der Waals surface area contributed by atoms with Crippen LogP contribution < -0.4 is 10.2 Å². The molecule has 3 aliphatic rings. The number of pyridine rings is 1. The lowest BCUT2D eigenvalue weighted by molar-refractivity contribution is -0.0393. The number of methoxy groups -OCH3 is 1. The maximum absolute atomic E-state index is 13.4. The molecular formula is C26H36N8O3. The van der Waals surface area contributed by atoms with E-state index >= 15 is 0 Å². The van der Waals surface area contributed by atoms with Crippen LogP contribution in [0.1, 0.15) is 58.6 Å². The van der Waals surface area contributed by atoms with E-state index in [1.54, 1.807) is 7.11 Å². The summed E-state index contributed by atoms with van der Waals surface area (Å²) in [5.41, 5.74) is 2.79. The minimum Gasteiger partial charge on any atom is -0.378 e. The van der Waals surface area contributed by atoms with E-state index in [-0.39, 0.29) is 23.9 Å². The van der Waals surface area contributed by atoms with Crippen molar-refractivity contribution in [3.63, 3.8) is 0 Å². The summed E-state index contributed by atoms with van der Waals surface area (Å²) in [5.74, 6) is 0.880. The average molecular weight is 509 g/mol. The van der Waals surface area contributed by atoms with Crippen molar-refractivity contribution in [1.82, 2.24) is 29.9 Å². The van der Waals surface area contributed by atoms with Crippen LogP contribution in [0.2, 0.25) is 0 Å². The van der Waals surface area contributed by atoms with Gasteiger partial charge in [-0.1, -0.05) is 6.92 Å². The molecule has 1 atom stereocenters. The molecule has 1 saturated carbocycles. The topological polar surface area (TPSA) is 113 Å². The molecule has 0 aromatic carbocycles. The fourth-order valence-corrected chi connectivity index (χ4v) is 5.62. The van der Waals surface area contributed by atoms with Gasteiger partial charge in [0.1, 0.15) is 11.9 Å². The molecule has 1 unspecified atom stereocenters. The fourth-order valence-electron chi connectivity index (χ4n) is 5.62. The van der Waals surface area contributed by atoms with E-state index in [2.05, 4.69) is 27.3 Å². The molecule has 11 nitrogen and oxygen atoms in total. The molecule has 0 spiro atoms. The highest BCUT2D eigenvalue weighted by atomic mass is 16.5. The molecule has 3 fully saturated rings. The Morgan fingerprint density at radius 2 is 2.16 bits per heavy atom. The van der Waals surface area contributed by atoms with Crippen molar-refractivity contribution < 1.29 is 14.3 Å². The Labute approximate surface area is 216 Å². The Kier molecular flexibility index (Phi) is 6.28. The third kappa shape index (κ3) is 4.33. The number of nitrogens with one attached hydrogen (secondary N) is 2. The van der Waals surface area contributed by atoms with Crippen LogP contribution in [-0.4, -0.2) is 80.9 Å². The molecule has 2 saturated heterocycles. The zero-order valence-electron chi connectivity index (χ0n) is 21.9. The molecule has 1 aliphatic carbocycles. The van der Waals surface area contributed by atoms with Gasteiger partial charge in [0.25, 0.3) is 0 Å². The van der Waals surface area contributed by atoms with E-state index in [4.69, 9.17) is 19.6 Å². The lowest BCUT2D eigenvalue weighted by Crippen LogP contribution is -2.52. The standard InChI is InChI=1S/C26H36N8O3/c1-4-26(9-10-26)33(5-2)25(35)28-21-16-34(22-8-6-7-11-37-22)31-23(21)20-12-19-18(13-27-20)24(30-29-19)32-14-17(15-32)36-3/h12-13,16-17,22H,4-11,14-15H2,1-3H3,(H,28,35)(H,29,30). The number of anilines is 2. The second kappa shape index (κ2) is 9.60. The molecule has 2 aliphatic heterocycles. The number of H-pyrrole nitrogens is 1. The highest BCUT2D eigenvalue weighted by molar-refractivity contribution is 5.96. The average Bonchev–Trinajstić information content (AvgIpc) is 3.39. The van der Waals surface area contributed by atoms with Crippen LogP contribution in [-0.2, 0) is 9.47 Å². The lowest BCUT2D eigenvalue weighted by atomic mass is 10.1. The molecular weight excluding hydrogens is 472 g/mol. The Morgan fingerprint density at radius 3 is 2.84 bits per heavy atom. The quantitative estimate of drug-likeness (QED) is 0.470. The number of nitrogens with zero attached hydrogens (tertiary/aromatic N) is 6. The maximum Gasteiger partial charge on any atom is 0.322 e. The highest BCUT2D eigenvalue weighted by Gasteiger charge is 2.48. The van der Waals surface area contributed by atoms with Crippen molar-refractivity contribution in [2.45, 2.75) is 70.2 Å². The summed E-state index contributed by atoms with van der Waals surface area (Å²) in [5, 5.41) is 16.7. The number of aromatic amines is 1. The van der Waals surface area contributed by atoms with Gasteiger partial charge in [0.05, 0.1) is 34.6 Å². The molecule has 3 aromatic heterocycles. The summed E-state index contributed by atoms with van der Waals surface area (Å²) >= 11 is 0. The minimum atomic E-state index is -0.145. The van der Waals surface area contributed by atoms with E-state index in [1.807, 2.05) is 35.0 Å². The smallest absolute Gasteiger partial charge is 0.322 e. The van der Waals surface area contributed by atoms with Crippen LogP contribution in [0.25, 0.3) is 22.3 Å². The molecule has 3 aromatic rings. The lowest BCUT2D eigenvalue weighted by Gasteiger charge is -2.38. The number of carbonyl (C=O) groups excluding carboxylic acids is 1. The molecule has 37 heavy (non-hydrogen) atoms. The van der Waals surface area contributed by atoms with E-state index < -0.39 is 0 Å². The first-order valence-electron chi connectivity index (χ1n) is 13.5. The summed E-state index contributed by atoms with van der Waals surface area (Å²) in [6, 6.07) is 1.86. The first-order chi connectivity index (χ1) is 18.0. The number of carbonyl (C=O) groups is 1. The van der Waals surface area contributed by atoms with Crippen LogP contribution in [0.5, 0.6) is 0 Å². The van der Waals surface area contributed by atoms with Gasteiger partial charge in [0, 0.05) is 45.1 Å². The molecule has 11 heteroatoms. The Balaban J connectivity index is 1.32. The second-order valence-electron chi connectivity index (χ2n) is 10.4. The van der Waals surface area contributed by atoms with E-state index in [0.717, 1.165) is 68.3 Å². The number of aromatic nitrogens is 5. The molecule has 0 radical (unpaired) electrons. The summed E-state index contributed by atoms with van der Waals surface area (Å²) in [6.45, 7) is 7.19. The normalized spacial score (nSPS) is 21.2. The Bertz CT molecular complexity index is 1270. The minimum absolute atomic E-state index is 0.0242. The van der Waals surface area contributed by atoms with Crippen molar-refractivity contribution in [2.75, 3.05) is 43.6 Å². The van der Waals surface area contributed by atoms with Crippen molar-refractivity contribution in [2.24, 2.45) is 0 Å². The van der Waals surface area contributed by atoms with Gasteiger partial charge >= 0.3 is 6.03 Å². The Morgan fingerprint density at radius 1 is 1.32 bits per heavy atom. The highest BCUT2D eigenvalue weighted by Crippen LogP contribution is 2.45. The fraction of sp³-hybridized carbons (Fsp3) is 0.615. The monoisotopic (exact) mass is 508 g/mol. The van der Waals surface area contributed by atoms with Gasteiger partial charge in [-0.05, 0) is 51.5 Å². The molecule has 5 heterocycles. The summed E-state index contributed by atoms with van der Waals surface area (Å²) in [6.07, 6.45) is 9.91. The van der Waals surface area contributed by atoms with Crippen LogP contribution in [0.3, 0.4) is 0 Å². The predicted octanol–water partition coefficient (Wildman–Crippen LogP) is 4.15. The molecule has 0 bridgehead atoms. The number of fused-ring (bicyclic) bond motifs is 1. The second-order valence-corrected chi connectivity index (χ2v) is 10.4. The maximum atomic E-state index is 13.4. The van der Waals surface area contributed by atoms with E-state index in [1.165, 1.54) is 0 Å². The number of amides is 2. The number of rotatable bonds is 8. The third-order valence-electron chi connectivity index (χ3n) is 8.19. The SMILES string of the molecule is CCN(C(=O)Nc1cn(C2CCCCO2)nc1-c1cc2[nH]nc(N3CC(OC)C3)c2cn1)C1(CC)CC1. The molecule has 198 valence electrons. The van der Waals surface area contributed by atoms with Crippen LogP contribution >= 0.6 is 0 Å². The van der Waals surface area contributed by atoms with Gasteiger partial charge in [-0.25, -0.2) is 9.48 Å². The first-order valence-corrected chi connectivity index (χ1v) is 13.5. The van der Waals surface area contributed by atoms with Gasteiger partial charge in [-0.2, -0.15) is 10.2 Å². The van der Waals surface area contributed by atoms with E-state index in [9.17, 15) is 4.79 Å². The number of ether oxygens (including phenoxy) is 2. The van der Waals surface area contributed by atoms with E-state index in [0.29, 0.717) is 30.2 Å². The van der Waals surface area contributed by atoms with Crippen LogP contribution in [0.4, 0.5) is 16.3 Å². The zero-order valence-corrected chi connectivity index (χ0v) is 21.9. The third-order valence-corrected chi connectivity index (χ3v) is 8.19. The van der Waals surface area contributed by atoms with Crippen molar-refractivity contribution in [3.05, 3.63) is 18.5 Å². The molecule has 6 rings (SSSR count). The summed E-state index contributed by atoms with van der Waals surface area (Å²) in [7, 11) is 1.73. The van der Waals surface area contributed by atoms with Gasteiger partial charge in [-0.3, -0.25) is 10.1 Å². The molecule has 2 N–H and O–H groups in total. The van der Waals surface area contributed by atoms with Gasteiger partial charge in [-0.15, -0.1) is 0 Å². The van der Waals surface area contributed by atoms with Crippen molar-refractivity contribution in [1.29, 1.82) is 0 Å². The predicted molar refractivity (Wildman–Crippen MR) is 141 cm³/mol. The largest absolute Gasteiger partial charge is 0.378 e. The number of hydrogen-bond acceptors (Lipinski definition) is 7. The number of hydrogen-bond donors (Lipinski definition) is 2. The summed E-state index contributed by atoms with van der Waals surface area (Å²) in [4.78, 5) is 22.3. The molecule has 2 amide bonds. The van der Waals surface area contributed by atoms with Crippen LogP contribution in [0.15, 0.2) is 18.5 Å². The Hall–Kier alpha value is -3.18.